The zero-order valence-electron chi connectivity index (χ0n) is 15.5. The fourth-order valence-electron chi connectivity index (χ4n) is 1.78. The predicted molar refractivity (Wildman–Crippen MR) is 105 cm³/mol. The Bertz CT molecular complexity index is 611. The lowest BCUT2D eigenvalue weighted by molar-refractivity contribution is -0.115. The lowest BCUT2D eigenvalue weighted by Gasteiger charge is -2.19. The van der Waals surface area contributed by atoms with Crippen molar-refractivity contribution in [1.82, 2.24) is 5.32 Å². The van der Waals surface area contributed by atoms with E-state index in [0.29, 0.717) is 35.0 Å². The second-order valence-electron chi connectivity index (χ2n) is 6.22. The van der Waals surface area contributed by atoms with Crippen LogP contribution in [0.25, 0.3) is 0 Å². The molecular weight excluding hydrogens is 376 g/mol. The molecule has 0 radical (unpaired) electrons. The zero-order valence-corrected chi connectivity index (χ0v) is 17.2. The third-order valence-electron chi connectivity index (χ3n) is 2.79. The first-order valence-electron chi connectivity index (χ1n) is 8.32. The van der Waals surface area contributed by atoms with Gasteiger partial charge >= 0.3 is 12.1 Å². The average Bonchev–Trinajstić information content (AvgIpc) is 2.97. The summed E-state index contributed by atoms with van der Waals surface area (Å²) in [6.07, 6.45) is -0.130. The molecule has 0 aliphatic heterocycles. The van der Waals surface area contributed by atoms with Crippen molar-refractivity contribution in [1.29, 1.82) is 0 Å². The van der Waals surface area contributed by atoms with Gasteiger partial charge in [-0.1, -0.05) is 0 Å². The minimum Gasteiger partial charge on any atom is -0.462 e. The van der Waals surface area contributed by atoms with Crippen molar-refractivity contribution in [2.75, 3.05) is 30.0 Å². The van der Waals surface area contributed by atoms with E-state index < -0.39 is 17.7 Å². The van der Waals surface area contributed by atoms with Gasteiger partial charge in [-0.2, -0.15) is 11.8 Å². The number of nitrogens with one attached hydrogen (secondary N) is 2. The van der Waals surface area contributed by atoms with E-state index in [1.165, 1.54) is 11.3 Å². The third-order valence-corrected chi connectivity index (χ3v) is 4.67. The number of amides is 2. The van der Waals surface area contributed by atoms with E-state index in [-0.39, 0.29) is 12.5 Å². The minimum atomic E-state index is -0.515. The molecule has 0 bridgehead atoms. The first-order valence-corrected chi connectivity index (χ1v) is 10.4. The number of thiophene rings is 1. The Morgan fingerprint density at radius 3 is 2.62 bits per heavy atom. The third kappa shape index (κ3) is 9.10. The molecule has 0 saturated carbocycles. The number of carbonyl (C=O) groups is 3. The molecule has 0 aromatic carbocycles. The topological polar surface area (TPSA) is 93.7 Å². The van der Waals surface area contributed by atoms with Crippen LogP contribution >= 0.6 is 23.1 Å². The molecule has 1 heterocycles. The monoisotopic (exact) mass is 402 g/mol. The number of ether oxygens (including phenoxy) is 2. The molecule has 26 heavy (non-hydrogen) atoms. The van der Waals surface area contributed by atoms with Gasteiger partial charge < -0.3 is 20.1 Å². The number of esters is 1. The van der Waals surface area contributed by atoms with Gasteiger partial charge in [0.15, 0.2) is 0 Å². The van der Waals surface area contributed by atoms with Crippen LogP contribution in [0.15, 0.2) is 11.4 Å². The molecule has 0 aliphatic rings. The first kappa shape index (κ1) is 22.3. The van der Waals surface area contributed by atoms with Crippen LogP contribution in [0.5, 0.6) is 0 Å². The van der Waals surface area contributed by atoms with Gasteiger partial charge in [-0.15, -0.1) is 11.3 Å². The summed E-state index contributed by atoms with van der Waals surface area (Å²) in [7, 11) is 0. The second kappa shape index (κ2) is 11.1. The quantitative estimate of drug-likeness (QED) is 0.485. The van der Waals surface area contributed by atoms with Gasteiger partial charge in [-0.25, -0.2) is 9.59 Å². The molecule has 2 amide bonds. The van der Waals surface area contributed by atoms with Crippen molar-refractivity contribution < 1.29 is 23.9 Å². The highest BCUT2D eigenvalue weighted by Gasteiger charge is 2.16. The smallest absolute Gasteiger partial charge is 0.407 e. The van der Waals surface area contributed by atoms with Crippen LogP contribution in [0.2, 0.25) is 0 Å². The van der Waals surface area contributed by atoms with Crippen LogP contribution in [0, 0.1) is 0 Å². The normalized spacial score (nSPS) is 10.9. The van der Waals surface area contributed by atoms with E-state index >= 15 is 0 Å². The average molecular weight is 403 g/mol. The molecular formula is C17H26N2O5S2. The van der Waals surface area contributed by atoms with E-state index in [0.717, 1.165) is 0 Å². The zero-order chi connectivity index (χ0) is 19.6. The molecule has 1 rings (SSSR count). The van der Waals surface area contributed by atoms with Gasteiger partial charge in [-0.3, -0.25) is 4.79 Å². The summed E-state index contributed by atoms with van der Waals surface area (Å²) in [4.78, 5) is 35.6. The molecule has 0 fully saturated rings. The Labute approximate surface area is 162 Å². The Morgan fingerprint density at radius 2 is 1.96 bits per heavy atom. The van der Waals surface area contributed by atoms with Gasteiger partial charge in [0.25, 0.3) is 0 Å². The van der Waals surface area contributed by atoms with E-state index in [1.807, 2.05) is 0 Å². The summed E-state index contributed by atoms with van der Waals surface area (Å²) in [5.41, 5.74) is -0.0330. The molecule has 0 spiro atoms. The van der Waals surface area contributed by atoms with Crippen molar-refractivity contribution in [3.63, 3.8) is 0 Å². The lowest BCUT2D eigenvalue weighted by Crippen LogP contribution is -2.33. The number of alkyl carbamates (subject to hydrolysis) is 1. The number of carbonyl (C=O) groups excluding carboxylic acids is 3. The van der Waals surface area contributed by atoms with Crippen LogP contribution in [-0.4, -0.2) is 48.2 Å². The van der Waals surface area contributed by atoms with Crippen LogP contribution in [0.3, 0.4) is 0 Å². The van der Waals surface area contributed by atoms with E-state index in [1.54, 1.807) is 50.9 Å². The molecule has 0 saturated heterocycles. The second-order valence-corrected chi connectivity index (χ2v) is 8.36. The summed E-state index contributed by atoms with van der Waals surface area (Å²) in [5.74, 6) is 0.696. The highest BCUT2D eigenvalue weighted by atomic mass is 32.2. The molecule has 146 valence electrons. The van der Waals surface area contributed by atoms with E-state index in [4.69, 9.17) is 9.47 Å². The Hall–Kier alpha value is -1.74. The summed E-state index contributed by atoms with van der Waals surface area (Å²) in [6.45, 7) is 7.91. The first-order chi connectivity index (χ1) is 12.2. The highest BCUT2D eigenvalue weighted by Crippen LogP contribution is 2.23. The highest BCUT2D eigenvalue weighted by molar-refractivity contribution is 7.99. The number of hydrogen-bond donors (Lipinski definition) is 2. The fraction of sp³-hybridized carbons (Fsp3) is 0.588. The summed E-state index contributed by atoms with van der Waals surface area (Å²) in [6, 6.07) is 1.69. The van der Waals surface area contributed by atoms with Crippen LogP contribution in [0.1, 0.15) is 43.8 Å². The summed E-state index contributed by atoms with van der Waals surface area (Å²) >= 11 is 2.79. The fourth-order valence-corrected chi connectivity index (χ4v) is 3.30. The van der Waals surface area contributed by atoms with E-state index in [9.17, 15) is 14.4 Å². The maximum Gasteiger partial charge on any atom is 0.407 e. The van der Waals surface area contributed by atoms with Crippen LogP contribution < -0.4 is 10.6 Å². The van der Waals surface area contributed by atoms with Gasteiger partial charge in [0, 0.05) is 24.5 Å². The SMILES string of the molecule is CCOC(=O)c1sccc1NC(=O)CCSCCNC(=O)OC(C)(C)C. The van der Waals surface area contributed by atoms with Crippen molar-refractivity contribution in [3.8, 4) is 0 Å². The molecule has 0 atom stereocenters. The maximum absolute atomic E-state index is 12.0. The molecule has 1 aromatic heterocycles. The number of hydrogen-bond acceptors (Lipinski definition) is 7. The summed E-state index contributed by atoms with van der Waals surface area (Å²) in [5, 5.41) is 7.13. The molecule has 9 heteroatoms. The molecule has 2 N–H and O–H groups in total. The Morgan fingerprint density at radius 1 is 1.23 bits per heavy atom. The molecule has 0 unspecified atom stereocenters. The Balaban J connectivity index is 2.21. The maximum atomic E-state index is 12.0. The Kier molecular flexibility index (Phi) is 9.50. The van der Waals surface area contributed by atoms with Crippen molar-refractivity contribution in [2.45, 2.75) is 39.7 Å². The van der Waals surface area contributed by atoms with Crippen molar-refractivity contribution in [2.24, 2.45) is 0 Å². The van der Waals surface area contributed by atoms with Crippen molar-refractivity contribution in [3.05, 3.63) is 16.3 Å². The predicted octanol–water partition coefficient (Wildman–Crippen LogP) is 3.51. The number of thioether (sulfide) groups is 1. The largest absolute Gasteiger partial charge is 0.462 e. The number of anilines is 1. The van der Waals surface area contributed by atoms with E-state index in [2.05, 4.69) is 10.6 Å². The van der Waals surface area contributed by atoms with Gasteiger partial charge in [-0.05, 0) is 39.1 Å². The minimum absolute atomic E-state index is 0.165. The van der Waals surface area contributed by atoms with Gasteiger partial charge in [0.2, 0.25) is 5.91 Å². The van der Waals surface area contributed by atoms with Gasteiger partial charge in [0.05, 0.1) is 12.3 Å². The molecule has 0 aliphatic carbocycles. The van der Waals surface area contributed by atoms with Crippen LogP contribution in [-0.2, 0) is 14.3 Å². The van der Waals surface area contributed by atoms with Crippen LogP contribution in [0.4, 0.5) is 10.5 Å². The van der Waals surface area contributed by atoms with Gasteiger partial charge in [0.1, 0.15) is 10.5 Å². The van der Waals surface area contributed by atoms with Crippen molar-refractivity contribution >= 4 is 46.8 Å². The standard InChI is InChI=1S/C17H26N2O5S2/c1-5-23-15(21)14-12(6-10-26-14)19-13(20)7-9-25-11-8-18-16(22)24-17(2,3)4/h6,10H,5,7-9,11H2,1-4H3,(H,18,22)(H,19,20). The lowest BCUT2D eigenvalue weighted by atomic mass is 10.2. The number of rotatable bonds is 9. The summed E-state index contributed by atoms with van der Waals surface area (Å²) < 4.78 is 10.1. The molecule has 1 aromatic rings. The molecule has 7 nitrogen and oxygen atoms in total.